The number of hydrogen-bond acceptors (Lipinski definition) is 2. The van der Waals surface area contributed by atoms with E-state index in [-0.39, 0.29) is 5.02 Å². The van der Waals surface area contributed by atoms with E-state index in [9.17, 15) is 13.2 Å². The molecule has 0 amide bonds. The van der Waals surface area contributed by atoms with Gasteiger partial charge in [-0.2, -0.15) is 0 Å². The Hall–Kier alpha value is -1.56. The lowest BCUT2D eigenvalue weighted by Crippen LogP contribution is -2.29. The molecule has 0 fully saturated rings. The number of benzene rings is 2. The van der Waals surface area contributed by atoms with Gasteiger partial charge in [-0.25, -0.2) is 18.6 Å². The molecule has 0 aliphatic rings. The van der Waals surface area contributed by atoms with Crippen LogP contribution in [0.2, 0.25) is 5.02 Å². The summed E-state index contributed by atoms with van der Waals surface area (Å²) in [5.74, 6) is 2.81. The van der Waals surface area contributed by atoms with Crippen molar-refractivity contribution in [2.45, 2.75) is 6.04 Å². The first kappa shape index (κ1) is 13.9. The standard InChI is InChI=1S/C13H10ClF3N2/c14-12-8(2-1-3-10(12)16)13(19-18)7-4-5-9(15)11(17)6-7/h1-6,13,19H,18H2. The molecule has 6 heteroatoms. The third kappa shape index (κ3) is 2.73. The summed E-state index contributed by atoms with van der Waals surface area (Å²) in [6, 6.07) is 6.79. The predicted octanol–water partition coefficient (Wildman–Crippen LogP) is 3.31. The summed E-state index contributed by atoms with van der Waals surface area (Å²) in [7, 11) is 0. The van der Waals surface area contributed by atoms with Gasteiger partial charge in [-0.05, 0) is 29.3 Å². The fraction of sp³-hybridized carbons (Fsp3) is 0.0769. The van der Waals surface area contributed by atoms with Gasteiger partial charge < -0.3 is 0 Å². The molecule has 1 unspecified atom stereocenters. The van der Waals surface area contributed by atoms with Crippen molar-refractivity contribution in [3.63, 3.8) is 0 Å². The Kier molecular flexibility index (Phi) is 4.09. The second kappa shape index (κ2) is 5.61. The van der Waals surface area contributed by atoms with Crippen molar-refractivity contribution in [3.8, 4) is 0 Å². The first-order valence-electron chi connectivity index (χ1n) is 5.39. The lowest BCUT2D eigenvalue weighted by atomic mass is 9.99. The molecule has 0 saturated heterocycles. The molecule has 100 valence electrons. The van der Waals surface area contributed by atoms with Crippen LogP contribution in [0.1, 0.15) is 17.2 Å². The molecular weight excluding hydrogens is 277 g/mol. The van der Waals surface area contributed by atoms with E-state index < -0.39 is 23.5 Å². The highest BCUT2D eigenvalue weighted by Gasteiger charge is 2.19. The SMILES string of the molecule is NNC(c1ccc(F)c(F)c1)c1cccc(F)c1Cl. The molecule has 0 aliphatic carbocycles. The van der Waals surface area contributed by atoms with Crippen molar-refractivity contribution in [1.82, 2.24) is 5.43 Å². The highest BCUT2D eigenvalue weighted by atomic mass is 35.5. The monoisotopic (exact) mass is 286 g/mol. The van der Waals surface area contributed by atoms with E-state index >= 15 is 0 Å². The van der Waals surface area contributed by atoms with Gasteiger partial charge in [0.2, 0.25) is 0 Å². The maximum Gasteiger partial charge on any atom is 0.159 e. The fourth-order valence-corrected chi connectivity index (χ4v) is 2.04. The van der Waals surface area contributed by atoms with Gasteiger partial charge >= 0.3 is 0 Å². The third-order valence-corrected chi connectivity index (χ3v) is 3.13. The van der Waals surface area contributed by atoms with Gasteiger partial charge in [-0.1, -0.05) is 29.8 Å². The van der Waals surface area contributed by atoms with Crippen molar-refractivity contribution in [2.75, 3.05) is 0 Å². The van der Waals surface area contributed by atoms with Gasteiger partial charge in [0.1, 0.15) is 5.82 Å². The molecule has 0 radical (unpaired) electrons. The smallest absolute Gasteiger partial charge is 0.159 e. The second-order valence-electron chi connectivity index (χ2n) is 3.92. The number of hydrazine groups is 1. The van der Waals surface area contributed by atoms with Gasteiger partial charge in [-0.3, -0.25) is 5.84 Å². The number of halogens is 4. The Morgan fingerprint density at radius 2 is 1.74 bits per heavy atom. The summed E-state index contributed by atoms with van der Waals surface area (Å²) in [6.07, 6.45) is 0. The molecule has 0 spiro atoms. The van der Waals surface area contributed by atoms with Crippen LogP contribution in [0.25, 0.3) is 0 Å². The number of nitrogens with two attached hydrogens (primary N) is 1. The lowest BCUT2D eigenvalue weighted by Gasteiger charge is -2.18. The summed E-state index contributed by atoms with van der Waals surface area (Å²) >= 11 is 5.85. The highest BCUT2D eigenvalue weighted by molar-refractivity contribution is 6.31. The molecule has 2 aromatic rings. The van der Waals surface area contributed by atoms with E-state index in [1.54, 1.807) is 6.07 Å². The fourth-order valence-electron chi connectivity index (χ4n) is 1.80. The molecule has 2 nitrogen and oxygen atoms in total. The number of rotatable bonds is 3. The lowest BCUT2D eigenvalue weighted by molar-refractivity contribution is 0.503. The van der Waals surface area contributed by atoms with Crippen LogP contribution in [0.4, 0.5) is 13.2 Å². The van der Waals surface area contributed by atoms with Crippen LogP contribution in [0.3, 0.4) is 0 Å². The topological polar surface area (TPSA) is 38.0 Å². The summed E-state index contributed by atoms with van der Waals surface area (Å²) in [4.78, 5) is 0. The van der Waals surface area contributed by atoms with Crippen LogP contribution in [-0.4, -0.2) is 0 Å². The molecule has 0 aliphatic heterocycles. The predicted molar refractivity (Wildman–Crippen MR) is 66.9 cm³/mol. The van der Waals surface area contributed by atoms with Crippen molar-refractivity contribution in [2.24, 2.45) is 5.84 Å². The molecule has 0 saturated carbocycles. The molecule has 3 N–H and O–H groups in total. The minimum absolute atomic E-state index is 0.116. The van der Waals surface area contributed by atoms with Crippen molar-refractivity contribution < 1.29 is 13.2 Å². The van der Waals surface area contributed by atoms with Crippen molar-refractivity contribution in [3.05, 3.63) is 70.0 Å². The summed E-state index contributed by atoms with van der Waals surface area (Å²) < 4.78 is 39.5. The van der Waals surface area contributed by atoms with Gasteiger partial charge in [0.05, 0.1) is 11.1 Å². The molecule has 0 bridgehead atoms. The Labute approximate surface area is 113 Å². The van der Waals surface area contributed by atoms with Gasteiger partial charge in [0, 0.05) is 0 Å². The Bertz CT molecular complexity index is 604. The summed E-state index contributed by atoms with van der Waals surface area (Å²) in [5, 5.41) is -0.116. The van der Waals surface area contributed by atoms with E-state index in [2.05, 4.69) is 5.43 Å². The molecule has 2 aromatic carbocycles. The zero-order valence-corrected chi connectivity index (χ0v) is 10.4. The molecule has 0 aromatic heterocycles. The third-order valence-electron chi connectivity index (χ3n) is 2.74. The normalized spacial score (nSPS) is 12.5. The minimum Gasteiger partial charge on any atom is -0.271 e. The second-order valence-corrected chi connectivity index (χ2v) is 4.29. The van der Waals surface area contributed by atoms with Gasteiger partial charge in [-0.15, -0.1) is 0 Å². The van der Waals surface area contributed by atoms with Gasteiger partial charge in [0.25, 0.3) is 0 Å². The number of nitrogens with one attached hydrogen (secondary N) is 1. The molecule has 0 heterocycles. The first-order chi connectivity index (χ1) is 9.04. The average Bonchev–Trinajstić information content (AvgIpc) is 2.39. The minimum atomic E-state index is -1.01. The van der Waals surface area contributed by atoms with Crippen LogP contribution in [0, 0.1) is 17.5 Å². The maximum absolute atomic E-state index is 13.4. The zero-order valence-electron chi connectivity index (χ0n) is 9.63. The van der Waals surface area contributed by atoms with E-state index in [0.29, 0.717) is 11.1 Å². The molecule has 2 rings (SSSR count). The van der Waals surface area contributed by atoms with Crippen LogP contribution < -0.4 is 11.3 Å². The van der Waals surface area contributed by atoms with Crippen LogP contribution in [0.15, 0.2) is 36.4 Å². The average molecular weight is 287 g/mol. The van der Waals surface area contributed by atoms with E-state index in [1.165, 1.54) is 18.2 Å². The van der Waals surface area contributed by atoms with Crippen LogP contribution in [0.5, 0.6) is 0 Å². The van der Waals surface area contributed by atoms with E-state index in [0.717, 1.165) is 12.1 Å². The highest BCUT2D eigenvalue weighted by Crippen LogP contribution is 2.30. The molecule has 19 heavy (non-hydrogen) atoms. The summed E-state index contributed by atoms with van der Waals surface area (Å²) in [6.45, 7) is 0. The van der Waals surface area contributed by atoms with Crippen molar-refractivity contribution in [1.29, 1.82) is 0 Å². The van der Waals surface area contributed by atoms with E-state index in [4.69, 9.17) is 17.4 Å². The first-order valence-corrected chi connectivity index (χ1v) is 5.77. The zero-order chi connectivity index (χ0) is 14.0. The van der Waals surface area contributed by atoms with Crippen molar-refractivity contribution >= 4 is 11.6 Å². The number of hydrogen-bond donors (Lipinski definition) is 2. The largest absolute Gasteiger partial charge is 0.271 e. The maximum atomic E-state index is 13.4. The molecular formula is C13H10ClF3N2. The Morgan fingerprint density at radius 1 is 1.00 bits per heavy atom. The van der Waals surface area contributed by atoms with Crippen LogP contribution >= 0.6 is 11.6 Å². The Balaban J connectivity index is 2.50. The Morgan fingerprint density at radius 3 is 2.37 bits per heavy atom. The van der Waals surface area contributed by atoms with E-state index in [1.807, 2.05) is 0 Å². The van der Waals surface area contributed by atoms with Gasteiger partial charge in [0.15, 0.2) is 11.6 Å². The molecule has 1 atom stereocenters. The quantitative estimate of drug-likeness (QED) is 0.671. The summed E-state index contributed by atoms with van der Waals surface area (Å²) in [5.41, 5.74) is 3.09. The van der Waals surface area contributed by atoms with Crippen LogP contribution in [-0.2, 0) is 0 Å².